The zero-order chi connectivity index (χ0) is 17.9. The van der Waals surface area contributed by atoms with E-state index < -0.39 is 5.54 Å². The number of ketones is 1. The highest BCUT2D eigenvalue weighted by Crippen LogP contribution is 2.33. The molecule has 0 saturated heterocycles. The number of nitrogens with two attached hydrogens (primary N) is 1. The van der Waals surface area contributed by atoms with Gasteiger partial charge in [0.25, 0.3) is 0 Å². The largest absolute Gasteiger partial charge is 0.320 e. The van der Waals surface area contributed by atoms with Crippen molar-refractivity contribution in [2.45, 2.75) is 44.5 Å². The van der Waals surface area contributed by atoms with Crippen molar-refractivity contribution in [2.75, 3.05) is 0 Å². The molecule has 0 amide bonds. The highest BCUT2D eigenvalue weighted by molar-refractivity contribution is 6.30. The van der Waals surface area contributed by atoms with Crippen LogP contribution in [-0.4, -0.2) is 11.2 Å². The Morgan fingerprint density at radius 2 is 1.96 bits per heavy atom. The monoisotopic (exact) mass is 363 g/mol. The maximum atomic E-state index is 11.6. The Labute approximate surface area is 154 Å². The molecule has 0 radical (unpaired) electrons. The standard InChI is InChI=1S/C20H23Cl2NO/c1-4-15-8-9-17(21)12-18(15)20(3,23)19(22)11-14-6-5-7-16(10-14)13(2)24/h5-10,12,19H,4,11,23H2,1-3H3. The highest BCUT2D eigenvalue weighted by atomic mass is 35.5. The fraction of sp³-hybridized carbons (Fsp3) is 0.350. The molecule has 2 unspecified atom stereocenters. The Kier molecular flexibility index (Phi) is 6.08. The molecule has 24 heavy (non-hydrogen) atoms. The third-order valence-electron chi connectivity index (χ3n) is 4.43. The number of carbonyl (C=O) groups excluding carboxylic acids is 1. The zero-order valence-corrected chi connectivity index (χ0v) is 15.8. The molecule has 2 aromatic carbocycles. The molecule has 0 aliphatic rings. The molecule has 2 atom stereocenters. The number of hydrogen-bond acceptors (Lipinski definition) is 2. The van der Waals surface area contributed by atoms with Crippen LogP contribution in [0.1, 0.15) is 47.8 Å². The van der Waals surface area contributed by atoms with Gasteiger partial charge in [-0.15, -0.1) is 11.6 Å². The molecule has 2 aromatic rings. The van der Waals surface area contributed by atoms with Gasteiger partial charge in [-0.25, -0.2) is 0 Å². The lowest BCUT2D eigenvalue weighted by atomic mass is 9.83. The maximum absolute atomic E-state index is 11.6. The van der Waals surface area contributed by atoms with Gasteiger partial charge in [0.05, 0.1) is 10.9 Å². The number of rotatable bonds is 6. The second-order valence-corrected chi connectivity index (χ2v) is 7.33. The van der Waals surface area contributed by atoms with Crippen molar-refractivity contribution in [1.82, 2.24) is 0 Å². The number of halogens is 2. The van der Waals surface area contributed by atoms with E-state index >= 15 is 0 Å². The molecule has 4 heteroatoms. The van der Waals surface area contributed by atoms with Crippen LogP contribution >= 0.6 is 23.2 Å². The van der Waals surface area contributed by atoms with Crippen LogP contribution in [-0.2, 0) is 18.4 Å². The summed E-state index contributed by atoms with van der Waals surface area (Å²) < 4.78 is 0. The zero-order valence-electron chi connectivity index (χ0n) is 14.3. The minimum atomic E-state index is -0.732. The molecule has 0 bridgehead atoms. The van der Waals surface area contributed by atoms with Crippen LogP contribution in [0.15, 0.2) is 42.5 Å². The van der Waals surface area contributed by atoms with E-state index in [-0.39, 0.29) is 11.2 Å². The summed E-state index contributed by atoms with van der Waals surface area (Å²) in [6, 6.07) is 13.3. The number of hydrogen-bond donors (Lipinski definition) is 1. The lowest BCUT2D eigenvalue weighted by Crippen LogP contribution is -2.44. The fourth-order valence-corrected chi connectivity index (χ4v) is 3.33. The van der Waals surface area contributed by atoms with Gasteiger partial charge in [0, 0.05) is 10.6 Å². The Balaban J connectivity index is 2.31. The predicted molar refractivity (Wildman–Crippen MR) is 102 cm³/mol. The summed E-state index contributed by atoms with van der Waals surface area (Å²) in [5, 5.41) is 0.324. The van der Waals surface area contributed by atoms with Crippen LogP contribution in [0.25, 0.3) is 0 Å². The summed E-state index contributed by atoms with van der Waals surface area (Å²) in [5.74, 6) is 0.0431. The molecule has 0 fully saturated rings. The first-order valence-electron chi connectivity index (χ1n) is 8.07. The first kappa shape index (κ1) is 19.0. The maximum Gasteiger partial charge on any atom is 0.159 e. The molecular weight excluding hydrogens is 341 g/mol. The Morgan fingerprint density at radius 3 is 2.58 bits per heavy atom. The Hall–Kier alpha value is -1.35. The first-order chi connectivity index (χ1) is 11.3. The van der Waals surface area contributed by atoms with Gasteiger partial charge >= 0.3 is 0 Å². The predicted octanol–water partition coefficient (Wildman–Crippen LogP) is 5.13. The van der Waals surface area contributed by atoms with Crippen molar-refractivity contribution < 1.29 is 4.79 Å². The minimum absolute atomic E-state index is 0.0431. The topological polar surface area (TPSA) is 43.1 Å². The molecule has 2 rings (SSSR count). The van der Waals surface area contributed by atoms with E-state index in [1.54, 1.807) is 6.92 Å². The average molecular weight is 364 g/mol. The third-order valence-corrected chi connectivity index (χ3v) is 5.27. The average Bonchev–Trinajstić information content (AvgIpc) is 2.54. The molecule has 0 aliphatic carbocycles. The minimum Gasteiger partial charge on any atom is -0.320 e. The molecule has 0 heterocycles. The fourth-order valence-electron chi connectivity index (χ4n) is 2.86. The molecule has 2 nitrogen and oxygen atoms in total. The van der Waals surface area contributed by atoms with Crippen LogP contribution < -0.4 is 5.73 Å². The summed E-state index contributed by atoms with van der Waals surface area (Å²) in [6.07, 6.45) is 1.44. The van der Waals surface area contributed by atoms with Crippen LogP contribution in [0.5, 0.6) is 0 Å². The van der Waals surface area contributed by atoms with Crippen molar-refractivity contribution in [1.29, 1.82) is 0 Å². The van der Waals surface area contributed by atoms with Gasteiger partial charge in [0.2, 0.25) is 0 Å². The normalized spacial score (nSPS) is 14.9. The Bertz CT molecular complexity index is 740. The molecule has 0 aliphatic heterocycles. The van der Waals surface area contributed by atoms with Gasteiger partial charge in [-0.05, 0) is 61.6 Å². The van der Waals surface area contributed by atoms with Gasteiger partial charge in [0.1, 0.15) is 0 Å². The van der Waals surface area contributed by atoms with Crippen LogP contribution in [0.3, 0.4) is 0 Å². The quantitative estimate of drug-likeness (QED) is 0.570. The van der Waals surface area contributed by atoms with Gasteiger partial charge < -0.3 is 5.73 Å². The van der Waals surface area contributed by atoms with E-state index in [4.69, 9.17) is 28.9 Å². The highest BCUT2D eigenvalue weighted by Gasteiger charge is 2.32. The van der Waals surface area contributed by atoms with E-state index in [0.29, 0.717) is 17.0 Å². The van der Waals surface area contributed by atoms with Crippen LogP contribution in [0.2, 0.25) is 5.02 Å². The number of carbonyl (C=O) groups is 1. The Morgan fingerprint density at radius 1 is 1.25 bits per heavy atom. The molecule has 0 saturated carbocycles. The molecule has 128 valence electrons. The van der Waals surface area contributed by atoms with E-state index in [9.17, 15) is 4.79 Å². The number of aryl methyl sites for hydroxylation is 1. The lowest BCUT2D eigenvalue weighted by molar-refractivity contribution is 0.101. The van der Waals surface area contributed by atoms with Crippen LogP contribution in [0.4, 0.5) is 0 Å². The second-order valence-electron chi connectivity index (χ2n) is 6.37. The summed E-state index contributed by atoms with van der Waals surface area (Å²) in [4.78, 5) is 11.6. The van der Waals surface area contributed by atoms with E-state index in [1.807, 2.05) is 49.4 Å². The van der Waals surface area contributed by atoms with Crippen molar-refractivity contribution in [3.8, 4) is 0 Å². The molecular formula is C20H23Cl2NO. The molecule has 2 N–H and O–H groups in total. The van der Waals surface area contributed by atoms with Gasteiger partial charge in [-0.3, -0.25) is 4.79 Å². The summed E-state index contributed by atoms with van der Waals surface area (Å²) in [7, 11) is 0. The summed E-state index contributed by atoms with van der Waals surface area (Å²) in [5.41, 5.74) is 9.69. The first-order valence-corrected chi connectivity index (χ1v) is 8.88. The second kappa shape index (κ2) is 7.69. The van der Waals surface area contributed by atoms with Gasteiger partial charge in [0.15, 0.2) is 5.78 Å². The number of alkyl halides is 1. The van der Waals surface area contributed by atoms with Gasteiger partial charge in [-0.2, -0.15) is 0 Å². The molecule has 0 spiro atoms. The van der Waals surface area contributed by atoms with Crippen molar-refractivity contribution in [3.05, 3.63) is 69.7 Å². The van der Waals surface area contributed by atoms with Crippen molar-refractivity contribution in [3.63, 3.8) is 0 Å². The third kappa shape index (κ3) is 4.18. The smallest absolute Gasteiger partial charge is 0.159 e. The number of Topliss-reactive ketones (excluding diaryl/α,β-unsaturated/α-hetero) is 1. The van der Waals surface area contributed by atoms with Crippen LogP contribution in [0, 0.1) is 0 Å². The molecule has 0 aromatic heterocycles. The summed E-state index contributed by atoms with van der Waals surface area (Å²) in [6.45, 7) is 5.58. The van der Waals surface area contributed by atoms with E-state index in [1.165, 1.54) is 0 Å². The van der Waals surface area contributed by atoms with E-state index in [2.05, 4.69) is 6.92 Å². The van der Waals surface area contributed by atoms with E-state index in [0.717, 1.165) is 23.1 Å². The van der Waals surface area contributed by atoms with Gasteiger partial charge in [-0.1, -0.05) is 42.8 Å². The SMILES string of the molecule is CCc1ccc(Cl)cc1C(C)(N)C(Cl)Cc1cccc(C(C)=O)c1. The van der Waals surface area contributed by atoms with Crippen molar-refractivity contribution >= 4 is 29.0 Å². The summed E-state index contributed by atoms with van der Waals surface area (Å²) >= 11 is 12.9. The van der Waals surface area contributed by atoms with Crippen molar-refractivity contribution in [2.24, 2.45) is 5.73 Å². The number of benzene rings is 2. The lowest BCUT2D eigenvalue weighted by Gasteiger charge is -2.33.